The number of nitrogens with zero attached hydrogens (tertiary/aromatic N) is 2. The van der Waals surface area contributed by atoms with Gasteiger partial charge >= 0.3 is 0 Å². The lowest BCUT2D eigenvalue weighted by molar-refractivity contribution is -0.115. The minimum absolute atomic E-state index is 0.118. The molecule has 0 aliphatic rings. The van der Waals surface area contributed by atoms with E-state index >= 15 is 0 Å². The van der Waals surface area contributed by atoms with Crippen LogP contribution < -0.4 is 5.32 Å². The van der Waals surface area contributed by atoms with E-state index in [1.807, 2.05) is 13.8 Å². The molecule has 0 saturated heterocycles. The van der Waals surface area contributed by atoms with E-state index in [0.717, 1.165) is 17.5 Å². The normalized spacial score (nSPS) is 11.4. The van der Waals surface area contributed by atoms with E-state index in [-0.39, 0.29) is 23.0 Å². The van der Waals surface area contributed by atoms with Crippen LogP contribution in [0.1, 0.15) is 17.0 Å². The third-order valence-corrected chi connectivity index (χ3v) is 5.54. The lowest BCUT2D eigenvalue weighted by atomic mass is 10.1. The zero-order valence-electron chi connectivity index (χ0n) is 15.7. The van der Waals surface area contributed by atoms with Crippen LogP contribution in [-0.4, -0.2) is 30.4 Å². The SMILES string of the molecule is Cc1nn(-c2ccc(F)cc2)c(C)c1CC(=O)Nc1ccc(S(C)(=O)=O)cc1. The zero-order chi connectivity index (χ0) is 20.5. The number of aromatic nitrogens is 2. The first-order valence-corrected chi connectivity index (χ1v) is 10.5. The van der Waals surface area contributed by atoms with Crippen molar-refractivity contribution in [1.82, 2.24) is 9.78 Å². The highest BCUT2D eigenvalue weighted by Crippen LogP contribution is 2.20. The Balaban J connectivity index is 1.76. The van der Waals surface area contributed by atoms with Gasteiger partial charge in [0, 0.05) is 23.2 Å². The smallest absolute Gasteiger partial charge is 0.228 e. The summed E-state index contributed by atoms with van der Waals surface area (Å²) in [5.74, 6) is -0.566. The first-order valence-electron chi connectivity index (χ1n) is 8.56. The van der Waals surface area contributed by atoms with Crippen LogP contribution in [0.4, 0.5) is 10.1 Å². The van der Waals surface area contributed by atoms with Crippen LogP contribution in [0.5, 0.6) is 0 Å². The molecule has 2 aromatic carbocycles. The van der Waals surface area contributed by atoms with Crippen LogP contribution in [0.2, 0.25) is 0 Å². The van der Waals surface area contributed by atoms with E-state index in [1.165, 1.54) is 24.3 Å². The maximum atomic E-state index is 13.1. The number of sulfone groups is 1. The maximum absolute atomic E-state index is 13.1. The van der Waals surface area contributed by atoms with E-state index in [1.54, 1.807) is 28.9 Å². The van der Waals surface area contributed by atoms with E-state index < -0.39 is 9.84 Å². The summed E-state index contributed by atoms with van der Waals surface area (Å²) in [6, 6.07) is 12.0. The molecule has 0 fully saturated rings. The number of hydrogen-bond acceptors (Lipinski definition) is 4. The number of hydrogen-bond donors (Lipinski definition) is 1. The minimum Gasteiger partial charge on any atom is -0.326 e. The molecule has 3 rings (SSSR count). The predicted molar refractivity (Wildman–Crippen MR) is 105 cm³/mol. The molecule has 0 radical (unpaired) electrons. The highest BCUT2D eigenvalue weighted by molar-refractivity contribution is 7.90. The first kappa shape index (κ1) is 19.8. The second kappa shape index (κ2) is 7.55. The highest BCUT2D eigenvalue weighted by Gasteiger charge is 2.16. The first-order chi connectivity index (χ1) is 13.1. The molecule has 0 atom stereocenters. The Morgan fingerprint density at radius 1 is 1.07 bits per heavy atom. The number of carbonyl (C=O) groups is 1. The fraction of sp³-hybridized carbons (Fsp3) is 0.200. The maximum Gasteiger partial charge on any atom is 0.228 e. The van der Waals surface area contributed by atoms with Gasteiger partial charge in [-0.2, -0.15) is 5.10 Å². The molecular weight excluding hydrogens is 381 g/mol. The largest absolute Gasteiger partial charge is 0.326 e. The quantitative estimate of drug-likeness (QED) is 0.712. The van der Waals surface area contributed by atoms with Crippen molar-refractivity contribution in [3.8, 4) is 5.69 Å². The molecule has 8 heteroatoms. The molecule has 0 aliphatic heterocycles. The molecule has 1 heterocycles. The number of benzene rings is 2. The van der Waals surface area contributed by atoms with Crippen LogP contribution in [0.15, 0.2) is 53.4 Å². The highest BCUT2D eigenvalue weighted by atomic mass is 32.2. The monoisotopic (exact) mass is 401 g/mol. The fourth-order valence-corrected chi connectivity index (χ4v) is 3.55. The summed E-state index contributed by atoms with van der Waals surface area (Å²) in [6.45, 7) is 3.67. The van der Waals surface area contributed by atoms with Gasteiger partial charge in [0.1, 0.15) is 5.82 Å². The molecule has 1 aromatic heterocycles. The molecule has 1 amide bonds. The molecule has 0 spiro atoms. The third-order valence-electron chi connectivity index (χ3n) is 4.42. The van der Waals surface area contributed by atoms with Gasteiger partial charge in [-0.3, -0.25) is 4.79 Å². The molecular formula is C20H20FN3O3S. The standard InChI is InChI=1S/C20H20FN3O3S/c1-13-19(14(2)24(23-13)17-8-4-15(21)5-9-17)12-20(25)22-16-6-10-18(11-7-16)28(3,26)27/h4-11H,12H2,1-3H3,(H,22,25). The summed E-state index contributed by atoms with van der Waals surface area (Å²) in [6.07, 6.45) is 1.25. The van der Waals surface area contributed by atoms with Gasteiger partial charge < -0.3 is 5.32 Å². The Morgan fingerprint density at radius 3 is 2.25 bits per heavy atom. The molecule has 0 saturated carbocycles. The van der Waals surface area contributed by atoms with Crippen LogP contribution in [0.3, 0.4) is 0 Å². The van der Waals surface area contributed by atoms with Crippen LogP contribution >= 0.6 is 0 Å². The molecule has 1 N–H and O–H groups in total. The third kappa shape index (κ3) is 4.28. The lowest BCUT2D eigenvalue weighted by Gasteiger charge is -2.07. The molecule has 28 heavy (non-hydrogen) atoms. The number of aryl methyl sites for hydroxylation is 1. The van der Waals surface area contributed by atoms with Crippen molar-refractivity contribution >= 4 is 21.4 Å². The van der Waals surface area contributed by atoms with E-state index in [4.69, 9.17) is 0 Å². The van der Waals surface area contributed by atoms with Crippen molar-refractivity contribution in [3.63, 3.8) is 0 Å². The molecule has 3 aromatic rings. The van der Waals surface area contributed by atoms with Crippen molar-refractivity contribution in [3.05, 3.63) is 71.3 Å². The average molecular weight is 401 g/mol. The van der Waals surface area contributed by atoms with Gasteiger partial charge in [-0.25, -0.2) is 17.5 Å². The Morgan fingerprint density at radius 2 is 1.68 bits per heavy atom. The Labute approximate surface area is 162 Å². The summed E-state index contributed by atoms with van der Waals surface area (Å²) in [4.78, 5) is 12.6. The topological polar surface area (TPSA) is 81.1 Å². The second-order valence-electron chi connectivity index (χ2n) is 6.56. The van der Waals surface area contributed by atoms with E-state index in [0.29, 0.717) is 17.1 Å². The van der Waals surface area contributed by atoms with Gasteiger partial charge in [0.15, 0.2) is 9.84 Å². The van der Waals surface area contributed by atoms with Crippen molar-refractivity contribution < 1.29 is 17.6 Å². The molecule has 6 nitrogen and oxygen atoms in total. The number of nitrogens with one attached hydrogen (secondary N) is 1. The van der Waals surface area contributed by atoms with Gasteiger partial charge in [-0.05, 0) is 62.4 Å². The van der Waals surface area contributed by atoms with Crippen LogP contribution in [0.25, 0.3) is 5.69 Å². The number of rotatable bonds is 5. The summed E-state index contributed by atoms with van der Waals surface area (Å²) >= 11 is 0. The average Bonchev–Trinajstić information content (AvgIpc) is 2.90. The van der Waals surface area contributed by atoms with Crippen molar-refractivity contribution in [2.75, 3.05) is 11.6 Å². The molecule has 0 aliphatic carbocycles. The van der Waals surface area contributed by atoms with Crippen LogP contribution in [-0.2, 0) is 21.1 Å². The van der Waals surface area contributed by atoms with Crippen molar-refractivity contribution in [2.24, 2.45) is 0 Å². The van der Waals surface area contributed by atoms with Gasteiger partial charge in [0.05, 0.1) is 22.7 Å². The van der Waals surface area contributed by atoms with Crippen LogP contribution in [0, 0.1) is 19.7 Å². The summed E-state index contributed by atoms with van der Waals surface area (Å²) in [5, 5.41) is 7.22. The Hall–Kier alpha value is -3.00. The number of carbonyl (C=O) groups excluding carboxylic acids is 1. The predicted octanol–water partition coefficient (Wildman–Crippen LogP) is 3.21. The molecule has 146 valence electrons. The Bertz CT molecular complexity index is 1120. The number of anilines is 1. The van der Waals surface area contributed by atoms with Crippen molar-refractivity contribution in [1.29, 1.82) is 0 Å². The van der Waals surface area contributed by atoms with Gasteiger partial charge in [-0.15, -0.1) is 0 Å². The summed E-state index contributed by atoms with van der Waals surface area (Å²) in [7, 11) is -3.28. The number of amides is 1. The van der Waals surface area contributed by atoms with Gasteiger partial charge in [0.2, 0.25) is 5.91 Å². The lowest BCUT2D eigenvalue weighted by Crippen LogP contribution is -2.15. The number of halogens is 1. The fourth-order valence-electron chi connectivity index (χ4n) is 2.92. The molecule has 0 bridgehead atoms. The van der Waals surface area contributed by atoms with Crippen molar-refractivity contribution in [2.45, 2.75) is 25.2 Å². The Kier molecular flexibility index (Phi) is 5.33. The van der Waals surface area contributed by atoms with Gasteiger partial charge in [0.25, 0.3) is 0 Å². The van der Waals surface area contributed by atoms with Gasteiger partial charge in [-0.1, -0.05) is 0 Å². The van der Waals surface area contributed by atoms with E-state index in [9.17, 15) is 17.6 Å². The minimum atomic E-state index is -3.28. The molecule has 0 unspecified atom stereocenters. The zero-order valence-corrected chi connectivity index (χ0v) is 16.5. The second-order valence-corrected chi connectivity index (χ2v) is 8.57. The summed E-state index contributed by atoms with van der Waals surface area (Å²) < 4.78 is 37.8. The summed E-state index contributed by atoms with van der Waals surface area (Å²) in [5.41, 5.74) is 3.52. The van der Waals surface area contributed by atoms with E-state index in [2.05, 4.69) is 10.4 Å².